The van der Waals surface area contributed by atoms with Gasteiger partial charge in [-0.2, -0.15) is 0 Å². The summed E-state index contributed by atoms with van der Waals surface area (Å²) in [7, 11) is 1.23. The van der Waals surface area contributed by atoms with Crippen molar-refractivity contribution in [3.8, 4) is 51.6 Å². The van der Waals surface area contributed by atoms with Gasteiger partial charge in [0.05, 0.1) is 31.5 Å². The Labute approximate surface area is 311 Å². The van der Waals surface area contributed by atoms with Crippen LogP contribution in [0.4, 0.5) is 0 Å². The van der Waals surface area contributed by atoms with Crippen molar-refractivity contribution in [1.29, 1.82) is 0 Å². The average Bonchev–Trinajstić information content (AvgIpc) is 3.15. The topological polar surface area (TPSA) is 286 Å². The summed E-state index contributed by atoms with van der Waals surface area (Å²) in [6, 6.07) is 11.8. The zero-order chi connectivity index (χ0) is 39.7. The Morgan fingerprint density at radius 2 is 1.49 bits per heavy atom. The lowest BCUT2D eigenvalue weighted by molar-refractivity contribution is -0.319. The lowest BCUT2D eigenvalue weighted by Crippen LogP contribution is -2.62. The van der Waals surface area contributed by atoms with E-state index in [1.807, 2.05) is 0 Å². The van der Waals surface area contributed by atoms with Crippen molar-refractivity contribution in [2.45, 2.75) is 68.3 Å². The normalized spacial score (nSPS) is 28.3. The number of fused-ring (bicyclic) bond motifs is 1. The number of aliphatic hydroxyl groups is 5. The van der Waals surface area contributed by atoms with Gasteiger partial charge in [0.2, 0.25) is 17.8 Å². The van der Waals surface area contributed by atoms with Gasteiger partial charge in [-0.05, 0) is 30.7 Å². The molecule has 10 N–H and O–H groups in total. The third-order valence-corrected chi connectivity index (χ3v) is 9.02. The number of hydrogen-bond donors (Lipinski definition) is 10. The Kier molecular flexibility index (Phi) is 11.5. The molecule has 6 rings (SSSR count). The number of methoxy groups -OCH3 is 1. The second kappa shape index (κ2) is 16.1. The summed E-state index contributed by atoms with van der Waals surface area (Å²) in [5.74, 6) is -3.41. The summed E-state index contributed by atoms with van der Waals surface area (Å²) in [6.45, 7) is 0.849. The average molecular weight is 772 g/mol. The third kappa shape index (κ3) is 8.31. The predicted molar refractivity (Wildman–Crippen MR) is 186 cm³/mol. The molecule has 0 amide bonds. The molecule has 3 heterocycles. The van der Waals surface area contributed by atoms with Crippen LogP contribution in [0.25, 0.3) is 28.4 Å². The van der Waals surface area contributed by atoms with Gasteiger partial charge in [-0.15, -0.1) is 0 Å². The van der Waals surface area contributed by atoms with Crippen molar-refractivity contribution in [3.63, 3.8) is 0 Å². The molecule has 0 radical (unpaired) electrons. The highest BCUT2D eigenvalue weighted by molar-refractivity contribution is 5.89. The highest BCUT2D eigenvalue weighted by Gasteiger charge is 2.49. The van der Waals surface area contributed by atoms with E-state index in [0.29, 0.717) is 5.56 Å². The van der Waals surface area contributed by atoms with Crippen molar-refractivity contribution in [3.05, 3.63) is 66.2 Å². The number of carbonyl (C=O) groups is 1. The molecule has 1 aromatic heterocycles. The summed E-state index contributed by atoms with van der Waals surface area (Å²) in [5.41, 5.74) is 0.579. The number of ether oxygens (including phenoxy) is 6. The Morgan fingerprint density at radius 3 is 2.20 bits per heavy atom. The van der Waals surface area contributed by atoms with Gasteiger partial charge in [0.25, 0.3) is 0 Å². The molecule has 2 saturated heterocycles. The fourth-order valence-corrected chi connectivity index (χ4v) is 6.05. The van der Waals surface area contributed by atoms with E-state index in [1.54, 1.807) is 12.1 Å². The molecule has 5 unspecified atom stereocenters. The first-order valence-electron chi connectivity index (χ1n) is 16.8. The fourth-order valence-electron chi connectivity index (χ4n) is 6.05. The lowest BCUT2D eigenvalue weighted by Gasteiger charge is -2.42. The number of rotatable bonds is 10. The molecule has 2 aliphatic heterocycles. The summed E-state index contributed by atoms with van der Waals surface area (Å²) >= 11 is 0. The van der Waals surface area contributed by atoms with E-state index in [4.69, 9.17) is 32.8 Å². The van der Waals surface area contributed by atoms with Crippen molar-refractivity contribution < 1.29 is 88.7 Å². The molecule has 18 heteroatoms. The number of carbonyl (C=O) groups excluding carboxylic acids is 1. The van der Waals surface area contributed by atoms with Crippen molar-refractivity contribution in [2.24, 2.45) is 0 Å². The van der Waals surface area contributed by atoms with E-state index < -0.39 is 91.2 Å². The Bertz CT molecular complexity index is 2040. The monoisotopic (exact) mass is 771 g/mol. The molecular formula is C37H39O18+. The fraction of sp³-hybridized carbons (Fsp3) is 0.351. The number of esters is 1. The van der Waals surface area contributed by atoms with E-state index in [2.05, 4.69) is 0 Å². The number of hydrogen-bond acceptors (Lipinski definition) is 17. The Balaban J connectivity index is 1.17. The zero-order valence-corrected chi connectivity index (χ0v) is 29.1. The first-order valence-corrected chi connectivity index (χ1v) is 16.8. The van der Waals surface area contributed by atoms with Gasteiger partial charge in [-0.3, -0.25) is 0 Å². The van der Waals surface area contributed by atoms with Crippen LogP contribution in [0.2, 0.25) is 0 Å². The number of aromatic hydroxyl groups is 5. The van der Waals surface area contributed by atoms with Crippen LogP contribution in [0.3, 0.4) is 0 Å². The van der Waals surface area contributed by atoms with Crippen LogP contribution in [0.5, 0.6) is 40.2 Å². The zero-order valence-electron chi connectivity index (χ0n) is 29.1. The highest BCUT2D eigenvalue weighted by atomic mass is 16.7. The summed E-state index contributed by atoms with van der Waals surface area (Å²) in [5, 5.41) is 105. The van der Waals surface area contributed by atoms with Gasteiger partial charge in [-0.1, -0.05) is 12.1 Å². The standard InChI is InChI=1S/C37H38O18/c1-15-34(55-27(42)8-5-16-3-6-18(38)7-4-16)31(46)33(48)36(51-15)50-14-26-29(44)30(45)32(47)37(54-26)53-25-13-20-21(40)11-19(39)12-23(20)52-35(25)17-9-22(41)28(43)24(10-17)49-2/h3-13,15,26,29-34,36-37,44-48H,14H2,1-2H3,(H4-,38,39,40,41,42,43)/p+1/t15?,26?,29-,30?,31-,32?,33?,34+,36-,37-/m1/s1. The molecule has 0 saturated carbocycles. The summed E-state index contributed by atoms with van der Waals surface area (Å²) in [6.07, 6.45) is -13.6. The van der Waals surface area contributed by atoms with Gasteiger partial charge < -0.3 is 79.5 Å². The molecule has 10 atom stereocenters. The maximum Gasteiger partial charge on any atom is 0.402 e. The molecule has 18 nitrogen and oxygen atoms in total. The van der Waals surface area contributed by atoms with Gasteiger partial charge in [0.1, 0.15) is 59.3 Å². The van der Waals surface area contributed by atoms with Crippen LogP contribution in [0.1, 0.15) is 12.5 Å². The minimum absolute atomic E-state index is 0.0192. The van der Waals surface area contributed by atoms with Gasteiger partial charge >= 0.3 is 17.3 Å². The lowest BCUT2D eigenvalue weighted by atomic mass is 9.98. The first-order chi connectivity index (χ1) is 26.1. The molecule has 3 aromatic carbocycles. The minimum atomic E-state index is -1.90. The van der Waals surface area contributed by atoms with Crippen LogP contribution < -0.4 is 9.47 Å². The number of aliphatic hydroxyl groups excluding tert-OH is 5. The number of phenols is 5. The molecule has 0 aliphatic carbocycles. The number of phenolic OH excluding ortho intramolecular Hbond substituents is 5. The quantitative estimate of drug-likeness (QED) is 0.0469. The SMILES string of the molecule is COc1cc(-c2[o+]c3cc(O)cc(O)c3cc2O[C@@H]2OC(CO[C@@H]3OC(C)[C@H](OC(=O)/C=C/c4ccc(O)cc4)[C@H](O)C3O)[C@@H](O)C(O)C2O)cc(O)c1O. The maximum absolute atomic E-state index is 12.5. The molecule has 294 valence electrons. The van der Waals surface area contributed by atoms with E-state index in [1.165, 1.54) is 50.4 Å². The highest BCUT2D eigenvalue weighted by Crippen LogP contribution is 2.45. The number of benzene rings is 3. The van der Waals surface area contributed by atoms with Gasteiger partial charge in [0.15, 0.2) is 23.9 Å². The first kappa shape index (κ1) is 39.3. The van der Waals surface area contributed by atoms with Crippen LogP contribution in [-0.2, 0) is 23.7 Å². The van der Waals surface area contributed by atoms with Crippen LogP contribution >= 0.6 is 0 Å². The minimum Gasteiger partial charge on any atom is -0.508 e. The van der Waals surface area contributed by atoms with Crippen LogP contribution in [0, 0.1) is 0 Å². The van der Waals surface area contributed by atoms with Gasteiger partial charge in [0, 0.05) is 30.3 Å². The molecule has 2 aliphatic rings. The van der Waals surface area contributed by atoms with E-state index in [0.717, 1.165) is 18.2 Å². The van der Waals surface area contributed by atoms with Crippen LogP contribution in [-0.4, -0.2) is 132 Å². The molecule has 0 spiro atoms. The predicted octanol–water partition coefficient (Wildman–Crippen LogP) is 1.21. The van der Waals surface area contributed by atoms with E-state index in [9.17, 15) is 55.9 Å². The van der Waals surface area contributed by atoms with Crippen molar-refractivity contribution in [2.75, 3.05) is 13.7 Å². The summed E-state index contributed by atoms with van der Waals surface area (Å²) < 4.78 is 39.4. The molecule has 4 aromatic rings. The Hall–Kier alpha value is -5.44. The molecule has 2 fully saturated rings. The Morgan fingerprint density at radius 1 is 0.782 bits per heavy atom. The second-order valence-electron chi connectivity index (χ2n) is 12.8. The maximum atomic E-state index is 12.5. The summed E-state index contributed by atoms with van der Waals surface area (Å²) in [4.78, 5) is 12.5. The molecule has 55 heavy (non-hydrogen) atoms. The van der Waals surface area contributed by atoms with Crippen molar-refractivity contribution >= 4 is 23.0 Å². The van der Waals surface area contributed by atoms with Crippen LogP contribution in [0.15, 0.2) is 65.1 Å². The molecule has 0 bridgehead atoms. The smallest absolute Gasteiger partial charge is 0.402 e. The van der Waals surface area contributed by atoms with Gasteiger partial charge in [-0.25, -0.2) is 9.21 Å². The van der Waals surface area contributed by atoms with Crippen molar-refractivity contribution in [1.82, 2.24) is 0 Å². The molecular weight excluding hydrogens is 732 g/mol. The third-order valence-electron chi connectivity index (χ3n) is 9.02. The van der Waals surface area contributed by atoms with E-state index in [-0.39, 0.29) is 45.3 Å². The second-order valence-corrected chi connectivity index (χ2v) is 12.8. The largest absolute Gasteiger partial charge is 0.508 e. The van der Waals surface area contributed by atoms with E-state index >= 15 is 0 Å².